The fourth-order valence-electron chi connectivity index (χ4n) is 1.21. The van der Waals surface area contributed by atoms with Gasteiger partial charge in [0.2, 0.25) is 0 Å². The van der Waals surface area contributed by atoms with Crippen LogP contribution >= 0.6 is 0 Å². The van der Waals surface area contributed by atoms with Gasteiger partial charge in [0.05, 0.1) is 12.0 Å². The summed E-state index contributed by atoms with van der Waals surface area (Å²) in [7, 11) is 0. The van der Waals surface area contributed by atoms with Gasteiger partial charge in [-0.3, -0.25) is 9.59 Å². The number of aromatic hydroxyl groups is 1. The fourth-order valence-corrected chi connectivity index (χ4v) is 1.21. The van der Waals surface area contributed by atoms with Crippen molar-refractivity contribution in [1.29, 1.82) is 0 Å². The Labute approximate surface area is 92.7 Å². The average Bonchev–Trinajstić information content (AvgIpc) is 2.21. The van der Waals surface area contributed by atoms with E-state index in [4.69, 9.17) is 5.11 Å². The van der Waals surface area contributed by atoms with E-state index >= 15 is 0 Å². The van der Waals surface area contributed by atoms with Gasteiger partial charge in [0.25, 0.3) is 5.91 Å². The Morgan fingerprint density at radius 3 is 2.69 bits per heavy atom. The quantitative estimate of drug-likeness (QED) is 0.708. The standard InChI is InChI=1S/C11H13NO4/c1-7-2-3-9(13)8(6-7)11(16)12-5-4-10(14)15/h2-3,6,13H,4-5H2,1H3,(H,12,16)(H,14,15). The fraction of sp³-hybridized carbons (Fsp3) is 0.273. The monoisotopic (exact) mass is 223 g/mol. The number of carbonyl (C=O) groups excluding carboxylic acids is 1. The third-order valence-corrected chi connectivity index (χ3v) is 2.02. The molecule has 1 amide bonds. The molecule has 1 aromatic rings. The van der Waals surface area contributed by atoms with Gasteiger partial charge in [-0.05, 0) is 19.1 Å². The lowest BCUT2D eigenvalue weighted by atomic mass is 10.1. The van der Waals surface area contributed by atoms with Crippen LogP contribution in [0.4, 0.5) is 0 Å². The zero-order chi connectivity index (χ0) is 12.1. The molecular formula is C11H13NO4. The molecule has 0 heterocycles. The highest BCUT2D eigenvalue weighted by molar-refractivity contribution is 5.97. The first-order chi connectivity index (χ1) is 7.50. The van der Waals surface area contributed by atoms with Crippen LogP contribution < -0.4 is 5.32 Å². The van der Waals surface area contributed by atoms with Crippen LogP contribution in [0.3, 0.4) is 0 Å². The van der Waals surface area contributed by atoms with Crippen LogP contribution in [-0.4, -0.2) is 28.6 Å². The molecule has 0 spiro atoms. The summed E-state index contributed by atoms with van der Waals surface area (Å²) in [5.41, 5.74) is 1.01. The molecule has 0 fully saturated rings. The third kappa shape index (κ3) is 3.27. The number of phenols is 1. The van der Waals surface area contributed by atoms with Crippen LogP contribution in [-0.2, 0) is 4.79 Å². The molecule has 0 bridgehead atoms. The molecule has 0 aliphatic rings. The molecule has 0 aromatic heterocycles. The summed E-state index contributed by atoms with van der Waals surface area (Å²) in [6, 6.07) is 4.66. The van der Waals surface area contributed by atoms with Gasteiger partial charge < -0.3 is 15.5 Å². The van der Waals surface area contributed by atoms with E-state index in [1.807, 2.05) is 0 Å². The summed E-state index contributed by atoms with van der Waals surface area (Å²) in [4.78, 5) is 21.8. The molecule has 0 atom stereocenters. The Balaban J connectivity index is 2.65. The Morgan fingerprint density at radius 1 is 1.38 bits per heavy atom. The predicted molar refractivity (Wildman–Crippen MR) is 57.4 cm³/mol. The first-order valence-corrected chi connectivity index (χ1v) is 4.80. The maximum absolute atomic E-state index is 11.5. The maximum Gasteiger partial charge on any atom is 0.305 e. The second kappa shape index (κ2) is 5.16. The molecule has 5 nitrogen and oxygen atoms in total. The summed E-state index contributed by atoms with van der Waals surface area (Å²) >= 11 is 0. The van der Waals surface area contributed by atoms with Gasteiger partial charge in [-0.1, -0.05) is 11.6 Å². The lowest BCUT2D eigenvalue weighted by Gasteiger charge is -2.06. The van der Waals surface area contributed by atoms with Crippen LogP contribution in [0, 0.1) is 6.92 Å². The Morgan fingerprint density at radius 2 is 2.06 bits per heavy atom. The van der Waals surface area contributed by atoms with E-state index in [1.54, 1.807) is 19.1 Å². The maximum atomic E-state index is 11.5. The van der Waals surface area contributed by atoms with E-state index in [1.165, 1.54) is 6.07 Å². The van der Waals surface area contributed by atoms with Crippen LogP contribution in [0.2, 0.25) is 0 Å². The number of carbonyl (C=O) groups is 2. The summed E-state index contributed by atoms with van der Waals surface area (Å²) in [6.45, 7) is 1.84. The number of benzene rings is 1. The van der Waals surface area contributed by atoms with E-state index in [9.17, 15) is 14.7 Å². The van der Waals surface area contributed by atoms with E-state index < -0.39 is 11.9 Å². The largest absolute Gasteiger partial charge is 0.507 e. The van der Waals surface area contributed by atoms with Crippen molar-refractivity contribution in [2.24, 2.45) is 0 Å². The van der Waals surface area contributed by atoms with Gasteiger partial charge in [-0.15, -0.1) is 0 Å². The van der Waals surface area contributed by atoms with Gasteiger partial charge in [0.1, 0.15) is 5.75 Å². The van der Waals surface area contributed by atoms with Crippen molar-refractivity contribution in [3.63, 3.8) is 0 Å². The highest BCUT2D eigenvalue weighted by Crippen LogP contribution is 2.17. The van der Waals surface area contributed by atoms with Crippen molar-refractivity contribution >= 4 is 11.9 Å². The number of amides is 1. The van der Waals surface area contributed by atoms with E-state index in [-0.39, 0.29) is 24.3 Å². The number of hydrogen-bond acceptors (Lipinski definition) is 3. The SMILES string of the molecule is Cc1ccc(O)c(C(=O)NCCC(=O)O)c1. The minimum atomic E-state index is -0.978. The minimum absolute atomic E-state index is 0.0432. The molecule has 0 saturated heterocycles. The number of carboxylic acid groups (broad SMARTS) is 1. The van der Waals surface area contributed by atoms with Gasteiger partial charge in [0.15, 0.2) is 0 Å². The van der Waals surface area contributed by atoms with E-state index in [2.05, 4.69) is 5.32 Å². The van der Waals surface area contributed by atoms with Gasteiger partial charge >= 0.3 is 5.97 Å². The highest BCUT2D eigenvalue weighted by Gasteiger charge is 2.10. The summed E-state index contributed by atoms with van der Waals surface area (Å²) in [5.74, 6) is -1.56. The number of nitrogens with one attached hydrogen (secondary N) is 1. The van der Waals surface area contributed by atoms with E-state index in [0.717, 1.165) is 5.56 Å². The first kappa shape index (κ1) is 12.0. The summed E-state index contributed by atoms with van der Waals surface area (Å²) < 4.78 is 0. The first-order valence-electron chi connectivity index (χ1n) is 4.80. The zero-order valence-corrected chi connectivity index (χ0v) is 8.86. The number of phenolic OH excluding ortho intramolecular Hbond substituents is 1. The zero-order valence-electron chi connectivity index (χ0n) is 8.86. The topological polar surface area (TPSA) is 86.6 Å². The number of rotatable bonds is 4. The Hall–Kier alpha value is -2.04. The molecule has 5 heteroatoms. The molecule has 16 heavy (non-hydrogen) atoms. The lowest BCUT2D eigenvalue weighted by molar-refractivity contribution is -0.136. The second-order valence-corrected chi connectivity index (χ2v) is 3.42. The normalized spacial score (nSPS) is 9.81. The van der Waals surface area contributed by atoms with Crippen LogP contribution in [0.15, 0.2) is 18.2 Å². The molecule has 0 radical (unpaired) electrons. The van der Waals surface area contributed by atoms with Crippen LogP contribution in [0.25, 0.3) is 0 Å². The minimum Gasteiger partial charge on any atom is -0.507 e. The molecule has 1 rings (SSSR count). The molecule has 86 valence electrons. The molecule has 1 aromatic carbocycles. The highest BCUT2D eigenvalue weighted by atomic mass is 16.4. The van der Waals surface area contributed by atoms with E-state index in [0.29, 0.717) is 0 Å². The second-order valence-electron chi connectivity index (χ2n) is 3.42. The molecule has 0 saturated carbocycles. The van der Waals surface area contributed by atoms with Crippen molar-refractivity contribution in [2.45, 2.75) is 13.3 Å². The van der Waals surface area contributed by atoms with Crippen molar-refractivity contribution in [3.8, 4) is 5.75 Å². The van der Waals surface area contributed by atoms with Crippen molar-refractivity contribution in [1.82, 2.24) is 5.32 Å². The Bertz CT molecular complexity index is 414. The molecule has 0 unspecified atom stereocenters. The lowest BCUT2D eigenvalue weighted by Crippen LogP contribution is -2.26. The molecule has 0 aliphatic heterocycles. The van der Waals surface area contributed by atoms with Gasteiger partial charge in [0, 0.05) is 6.54 Å². The molecular weight excluding hydrogens is 210 g/mol. The van der Waals surface area contributed by atoms with Crippen LogP contribution in [0.5, 0.6) is 5.75 Å². The molecule has 3 N–H and O–H groups in total. The van der Waals surface area contributed by atoms with Gasteiger partial charge in [-0.25, -0.2) is 0 Å². The number of aliphatic carboxylic acids is 1. The smallest absolute Gasteiger partial charge is 0.305 e. The Kier molecular flexibility index (Phi) is 3.88. The average molecular weight is 223 g/mol. The summed E-state index contributed by atoms with van der Waals surface area (Å²) in [6.07, 6.45) is -0.141. The number of carboxylic acids is 1. The summed E-state index contributed by atoms with van der Waals surface area (Å²) in [5, 5.41) is 20.3. The molecule has 0 aliphatic carbocycles. The van der Waals surface area contributed by atoms with Crippen molar-refractivity contribution in [3.05, 3.63) is 29.3 Å². The number of hydrogen-bond donors (Lipinski definition) is 3. The van der Waals surface area contributed by atoms with Crippen molar-refractivity contribution in [2.75, 3.05) is 6.54 Å². The number of aryl methyl sites for hydroxylation is 1. The van der Waals surface area contributed by atoms with Crippen LogP contribution in [0.1, 0.15) is 22.3 Å². The predicted octanol–water partition coefficient (Wildman–Crippen LogP) is 0.905. The van der Waals surface area contributed by atoms with Crippen molar-refractivity contribution < 1.29 is 19.8 Å². The third-order valence-electron chi connectivity index (χ3n) is 2.02. The van der Waals surface area contributed by atoms with Gasteiger partial charge in [-0.2, -0.15) is 0 Å².